The van der Waals surface area contributed by atoms with Crippen molar-refractivity contribution in [3.05, 3.63) is 35.4 Å². The zero-order valence-corrected chi connectivity index (χ0v) is 13.3. The summed E-state index contributed by atoms with van der Waals surface area (Å²) < 4.78 is 0. The van der Waals surface area contributed by atoms with Gasteiger partial charge in [-0.3, -0.25) is 9.69 Å². The smallest absolute Gasteiger partial charge is 0.183 e. The van der Waals surface area contributed by atoms with Crippen LogP contribution < -0.4 is 0 Å². The predicted molar refractivity (Wildman–Crippen MR) is 84.2 cm³/mol. The lowest BCUT2D eigenvalue weighted by Gasteiger charge is -2.34. The molecule has 0 bridgehead atoms. The quantitative estimate of drug-likeness (QED) is 0.757. The van der Waals surface area contributed by atoms with Gasteiger partial charge in [0, 0.05) is 5.56 Å². The molecule has 1 aromatic rings. The number of carbonyl (C=O) groups excluding carboxylic acids is 1. The number of benzene rings is 1. The first-order chi connectivity index (χ1) is 9.45. The van der Waals surface area contributed by atoms with Crippen molar-refractivity contribution >= 4 is 5.78 Å². The first kappa shape index (κ1) is 15.2. The SMILES string of the molecule is CC(C)Cc1cccc(C(=O)C2(N(C)C)CCCC2)c1. The first-order valence-corrected chi connectivity index (χ1v) is 7.77. The van der Waals surface area contributed by atoms with Gasteiger partial charge in [-0.2, -0.15) is 0 Å². The van der Waals surface area contributed by atoms with Crippen LogP contribution in [0.3, 0.4) is 0 Å². The normalized spacial score (nSPS) is 17.9. The molecule has 0 spiro atoms. The minimum absolute atomic E-state index is 0.267. The summed E-state index contributed by atoms with van der Waals surface area (Å²) in [4.78, 5) is 15.1. The molecule has 0 aromatic heterocycles. The van der Waals surface area contributed by atoms with Crippen molar-refractivity contribution in [1.29, 1.82) is 0 Å². The third-order valence-electron chi connectivity index (χ3n) is 4.54. The highest BCUT2D eigenvalue weighted by Gasteiger charge is 2.43. The van der Waals surface area contributed by atoms with Crippen molar-refractivity contribution in [2.45, 2.75) is 51.5 Å². The van der Waals surface area contributed by atoms with Crippen LogP contribution in [0.5, 0.6) is 0 Å². The molecular formula is C18H27NO. The maximum Gasteiger partial charge on any atom is 0.183 e. The molecule has 1 fully saturated rings. The average molecular weight is 273 g/mol. The molecule has 1 aliphatic rings. The summed E-state index contributed by atoms with van der Waals surface area (Å²) in [6, 6.07) is 8.25. The van der Waals surface area contributed by atoms with E-state index >= 15 is 0 Å². The lowest BCUT2D eigenvalue weighted by atomic mass is 9.85. The van der Waals surface area contributed by atoms with Gasteiger partial charge in [0.15, 0.2) is 5.78 Å². The molecule has 0 N–H and O–H groups in total. The Labute approximate surface area is 123 Å². The first-order valence-electron chi connectivity index (χ1n) is 7.77. The van der Waals surface area contributed by atoms with Gasteiger partial charge in [-0.15, -0.1) is 0 Å². The topological polar surface area (TPSA) is 20.3 Å². The van der Waals surface area contributed by atoms with Crippen LogP contribution in [0.1, 0.15) is 55.5 Å². The summed E-state index contributed by atoms with van der Waals surface area (Å²) in [6.07, 6.45) is 5.35. The molecule has 0 aliphatic heterocycles. The second kappa shape index (κ2) is 6.09. The predicted octanol–water partition coefficient (Wildman–Crippen LogP) is 3.94. The molecule has 1 aromatic carbocycles. The molecule has 0 radical (unpaired) electrons. The molecule has 2 rings (SSSR count). The van der Waals surface area contributed by atoms with Crippen LogP contribution >= 0.6 is 0 Å². The van der Waals surface area contributed by atoms with E-state index in [1.165, 1.54) is 5.56 Å². The number of hydrogen-bond acceptors (Lipinski definition) is 2. The van der Waals surface area contributed by atoms with Crippen LogP contribution in [0.15, 0.2) is 24.3 Å². The van der Waals surface area contributed by atoms with Gasteiger partial charge in [-0.05, 0) is 50.9 Å². The van der Waals surface area contributed by atoms with Gasteiger partial charge in [0.2, 0.25) is 0 Å². The highest BCUT2D eigenvalue weighted by atomic mass is 16.1. The fraction of sp³-hybridized carbons (Fsp3) is 0.611. The van der Waals surface area contributed by atoms with Crippen LogP contribution in [-0.2, 0) is 6.42 Å². The lowest BCUT2D eigenvalue weighted by molar-refractivity contribution is 0.0693. The summed E-state index contributed by atoms with van der Waals surface area (Å²) in [7, 11) is 4.09. The van der Waals surface area contributed by atoms with Crippen LogP contribution in [-0.4, -0.2) is 30.3 Å². The van der Waals surface area contributed by atoms with Crippen molar-refractivity contribution in [2.75, 3.05) is 14.1 Å². The van der Waals surface area contributed by atoms with Gasteiger partial charge < -0.3 is 0 Å². The molecule has 1 saturated carbocycles. The fourth-order valence-corrected chi connectivity index (χ4v) is 3.42. The number of Topliss-reactive ketones (excluding diaryl/α,β-unsaturated/α-hetero) is 1. The molecule has 0 heterocycles. The number of rotatable bonds is 5. The molecule has 1 aliphatic carbocycles. The maximum absolute atomic E-state index is 13.0. The van der Waals surface area contributed by atoms with Gasteiger partial charge in [0.1, 0.15) is 0 Å². The van der Waals surface area contributed by atoms with Crippen molar-refractivity contribution in [2.24, 2.45) is 5.92 Å². The number of nitrogens with zero attached hydrogens (tertiary/aromatic N) is 1. The van der Waals surface area contributed by atoms with E-state index < -0.39 is 0 Å². The zero-order chi connectivity index (χ0) is 14.8. The minimum atomic E-state index is -0.267. The van der Waals surface area contributed by atoms with Crippen LogP contribution in [0.2, 0.25) is 0 Å². The molecule has 2 heteroatoms. The van der Waals surface area contributed by atoms with Gasteiger partial charge in [0.05, 0.1) is 5.54 Å². The number of hydrogen-bond donors (Lipinski definition) is 0. The van der Waals surface area contributed by atoms with Crippen molar-refractivity contribution < 1.29 is 4.79 Å². The Balaban J connectivity index is 2.28. The standard InChI is InChI=1S/C18H27NO/c1-14(2)12-15-8-7-9-16(13-15)17(20)18(19(3)4)10-5-6-11-18/h7-9,13-14H,5-6,10-12H2,1-4H3. The number of likely N-dealkylation sites (N-methyl/N-ethyl adjacent to an activating group) is 1. The Bertz CT molecular complexity index is 470. The number of ketones is 1. The van der Waals surface area contributed by atoms with Crippen molar-refractivity contribution in [3.8, 4) is 0 Å². The summed E-state index contributed by atoms with van der Waals surface area (Å²) in [5.74, 6) is 0.931. The lowest BCUT2D eigenvalue weighted by Crippen LogP contribution is -2.48. The average Bonchev–Trinajstić information content (AvgIpc) is 2.88. The summed E-state index contributed by atoms with van der Waals surface area (Å²) >= 11 is 0. The van der Waals surface area contributed by atoms with E-state index in [1.54, 1.807) is 0 Å². The Morgan fingerprint density at radius 1 is 1.25 bits per heavy atom. The summed E-state index contributed by atoms with van der Waals surface area (Å²) in [6.45, 7) is 4.43. The summed E-state index contributed by atoms with van der Waals surface area (Å²) in [5.41, 5.74) is 1.90. The summed E-state index contributed by atoms with van der Waals surface area (Å²) in [5, 5.41) is 0. The maximum atomic E-state index is 13.0. The molecular weight excluding hydrogens is 246 g/mol. The zero-order valence-electron chi connectivity index (χ0n) is 13.3. The molecule has 20 heavy (non-hydrogen) atoms. The second-order valence-electron chi connectivity index (χ2n) is 6.76. The van der Waals surface area contributed by atoms with E-state index in [0.29, 0.717) is 11.7 Å². The van der Waals surface area contributed by atoms with Crippen LogP contribution in [0.25, 0.3) is 0 Å². The van der Waals surface area contributed by atoms with Gasteiger partial charge in [-0.1, -0.05) is 44.9 Å². The fourth-order valence-electron chi connectivity index (χ4n) is 3.42. The largest absolute Gasteiger partial charge is 0.297 e. The van der Waals surface area contributed by atoms with E-state index in [-0.39, 0.29) is 5.54 Å². The minimum Gasteiger partial charge on any atom is -0.297 e. The van der Waals surface area contributed by atoms with Gasteiger partial charge in [0.25, 0.3) is 0 Å². The van der Waals surface area contributed by atoms with Gasteiger partial charge >= 0.3 is 0 Å². The number of carbonyl (C=O) groups is 1. The van der Waals surface area contributed by atoms with E-state index in [9.17, 15) is 4.79 Å². The molecule has 0 amide bonds. The Morgan fingerprint density at radius 3 is 2.45 bits per heavy atom. The molecule has 2 nitrogen and oxygen atoms in total. The van der Waals surface area contributed by atoms with E-state index in [1.807, 2.05) is 26.2 Å². The Hall–Kier alpha value is -1.15. The van der Waals surface area contributed by atoms with Crippen LogP contribution in [0, 0.1) is 5.92 Å². The highest BCUT2D eigenvalue weighted by Crippen LogP contribution is 2.36. The molecule has 0 unspecified atom stereocenters. The Kier molecular flexibility index (Phi) is 4.64. The molecule has 0 atom stereocenters. The third-order valence-corrected chi connectivity index (χ3v) is 4.54. The highest BCUT2D eigenvalue weighted by molar-refractivity contribution is 6.03. The monoisotopic (exact) mass is 273 g/mol. The van der Waals surface area contributed by atoms with E-state index in [2.05, 4.69) is 30.9 Å². The Morgan fingerprint density at radius 2 is 1.90 bits per heavy atom. The molecule has 110 valence electrons. The second-order valence-corrected chi connectivity index (χ2v) is 6.76. The van der Waals surface area contributed by atoms with Crippen molar-refractivity contribution in [1.82, 2.24) is 4.90 Å². The van der Waals surface area contributed by atoms with Gasteiger partial charge in [-0.25, -0.2) is 0 Å². The van der Waals surface area contributed by atoms with E-state index in [4.69, 9.17) is 0 Å². The van der Waals surface area contributed by atoms with Crippen molar-refractivity contribution in [3.63, 3.8) is 0 Å². The third kappa shape index (κ3) is 2.95. The molecule has 0 saturated heterocycles. The van der Waals surface area contributed by atoms with Crippen LogP contribution in [0.4, 0.5) is 0 Å². The van der Waals surface area contributed by atoms with E-state index in [0.717, 1.165) is 37.7 Å².